The molecule has 24 heavy (non-hydrogen) atoms. The number of hydrogen-bond acceptors (Lipinski definition) is 4. The molecule has 3 rings (SSSR count). The normalized spacial score (nSPS) is 10.8. The smallest absolute Gasteiger partial charge is 0.141 e. The fourth-order valence-electron chi connectivity index (χ4n) is 2.60. The lowest BCUT2D eigenvalue weighted by Crippen LogP contribution is -2.02. The molecule has 2 N–H and O–H groups in total. The molecule has 0 aliphatic rings. The SMILES string of the molecule is CCNc1cc2c(Nc3ccc(F)c(Cl)c3)ncnc2cc1CC. The average Bonchev–Trinajstić information content (AvgIpc) is 2.58. The highest BCUT2D eigenvalue weighted by Gasteiger charge is 2.10. The van der Waals surface area contributed by atoms with Crippen molar-refractivity contribution in [2.45, 2.75) is 20.3 Å². The predicted molar refractivity (Wildman–Crippen MR) is 97.8 cm³/mol. The summed E-state index contributed by atoms with van der Waals surface area (Å²) in [5, 5.41) is 7.53. The van der Waals surface area contributed by atoms with Gasteiger partial charge < -0.3 is 10.6 Å². The fraction of sp³-hybridized carbons (Fsp3) is 0.222. The first-order valence-electron chi connectivity index (χ1n) is 7.86. The predicted octanol–water partition coefficient (Wildman–Crippen LogP) is 5.16. The van der Waals surface area contributed by atoms with Gasteiger partial charge in [0.25, 0.3) is 0 Å². The molecule has 0 atom stereocenters. The van der Waals surface area contributed by atoms with E-state index in [9.17, 15) is 4.39 Å². The molecule has 0 saturated carbocycles. The molecule has 0 bridgehead atoms. The first-order chi connectivity index (χ1) is 11.6. The van der Waals surface area contributed by atoms with E-state index in [0.717, 1.165) is 29.6 Å². The van der Waals surface area contributed by atoms with Gasteiger partial charge in [-0.15, -0.1) is 0 Å². The number of aryl methyl sites for hydroxylation is 1. The van der Waals surface area contributed by atoms with Crippen LogP contribution in [0.4, 0.5) is 21.6 Å². The van der Waals surface area contributed by atoms with Crippen LogP contribution in [0.3, 0.4) is 0 Å². The Labute approximate surface area is 145 Å². The number of halogens is 2. The van der Waals surface area contributed by atoms with Gasteiger partial charge in [0.1, 0.15) is 18.0 Å². The van der Waals surface area contributed by atoms with Crippen molar-refractivity contribution in [2.75, 3.05) is 17.2 Å². The van der Waals surface area contributed by atoms with Gasteiger partial charge in [-0.1, -0.05) is 18.5 Å². The fourth-order valence-corrected chi connectivity index (χ4v) is 2.78. The molecule has 4 nitrogen and oxygen atoms in total. The summed E-state index contributed by atoms with van der Waals surface area (Å²) in [5.41, 5.74) is 3.81. The van der Waals surface area contributed by atoms with Gasteiger partial charge in [-0.3, -0.25) is 0 Å². The van der Waals surface area contributed by atoms with E-state index in [4.69, 9.17) is 11.6 Å². The number of fused-ring (bicyclic) bond motifs is 1. The Hall–Kier alpha value is -2.40. The van der Waals surface area contributed by atoms with Crippen LogP contribution >= 0.6 is 11.6 Å². The van der Waals surface area contributed by atoms with E-state index in [1.54, 1.807) is 6.07 Å². The molecule has 0 fully saturated rings. The van der Waals surface area contributed by atoms with Gasteiger partial charge in [-0.25, -0.2) is 14.4 Å². The maximum atomic E-state index is 13.3. The highest BCUT2D eigenvalue weighted by Crippen LogP contribution is 2.30. The van der Waals surface area contributed by atoms with Crippen molar-refractivity contribution in [1.29, 1.82) is 0 Å². The van der Waals surface area contributed by atoms with Crippen LogP contribution in [0.2, 0.25) is 5.02 Å². The zero-order valence-electron chi connectivity index (χ0n) is 13.5. The number of hydrogen-bond donors (Lipinski definition) is 2. The number of nitrogens with one attached hydrogen (secondary N) is 2. The van der Waals surface area contributed by atoms with Crippen LogP contribution in [-0.2, 0) is 6.42 Å². The van der Waals surface area contributed by atoms with E-state index in [0.29, 0.717) is 11.5 Å². The molecule has 0 saturated heterocycles. The lowest BCUT2D eigenvalue weighted by atomic mass is 10.1. The molecule has 2 aromatic carbocycles. The summed E-state index contributed by atoms with van der Waals surface area (Å²) in [7, 11) is 0. The summed E-state index contributed by atoms with van der Waals surface area (Å²) < 4.78 is 13.3. The van der Waals surface area contributed by atoms with E-state index in [1.807, 2.05) is 6.07 Å². The van der Waals surface area contributed by atoms with Crippen LogP contribution in [0.25, 0.3) is 10.9 Å². The third kappa shape index (κ3) is 3.26. The van der Waals surface area contributed by atoms with Crippen molar-refractivity contribution in [3.05, 3.63) is 53.1 Å². The Bertz CT molecular complexity index is 882. The Morgan fingerprint density at radius 3 is 2.67 bits per heavy atom. The summed E-state index contributed by atoms with van der Waals surface area (Å²) in [4.78, 5) is 8.68. The number of rotatable bonds is 5. The summed E-state index contributed by atoms with van der Waals surface area (Å²) in [6.45, 7) is 5.01. The maximum absolute atomic E-state index is 13.3. The number of aromatic nitrogens is 2. The van der Waals surface area contributed by atoms with Crippen molar-refractivity contribution in [1.82, 2.24) is 9.97 Å². The van der Waals surface area contributed by atoms with Gasteiger partial charge in [-0.05, 0) is 49.2 Å². The molecule has 0 amide bonds. The number of nitrogens with zero attached hydrogens (tertiary/aromatic N) is 2. The second kappa shape index (κ2) is 7.01. The van der Waals surface area contributed by atoms with Gasteiger partial charge in [0.2, 0.25) is 0 Å². The topological polar surface area (TPSA) is 49.8 Å². The van der Waals surface area contributed by atoms with Crippen LogP contribution in [0.1, 0.15) is 19.4 Å². The van der Waals surface area contributed by atoms with Gasteiger partial charge in [0, 0.05) is 23.3 Å². The Kier molecular flexibility index (Phi) is 4.81. The van der Waals surface area contributed by atoms with Crippen LogP contribution in [0.5, 0.6) is 0 Å². The van der Waals surface area contributed by atoms with E-state index >= 15 is 0 Å². The Morgan fingerprint density at radius 2 is 1.96 bits per heavy atom. The minimum absolute atomic E-state index is 0.0694. The van der Waals surface area contributed by atoms with Gasteiger partial charge in [0.05, 0.1) is 10.5 Å². The third-order valence-corrected chi connectivity index (χ3v) is 4.08. The molecule has 1 heterocycles. The molecule has 0 spiro atoms. The number of anilines is 3. The summed E-state index contributed by atoms with van der Waals surface area (Å²) in [5.74, 6) is 0.210. The van der Waals surface area contributed by atoms with Crippen LogP contribution in [-0.4, -0.2) is 16.5 Å². The molecule has 0 unspecified atom stereocenters. The summed E-state index contributed by atoms with van der Waals surface area (Å²) >= 11 is 5.85. The quantitative estimate of drug-likeness (QED) is 0.671. The van der Waals surface area contributed by atoms with Crippen LogP contribution in [0.15, 0.2) is 36.7 Å². The second-order valence-electron chi connectivity index (χ2n) is 5.39. The molecule has 124 valence electrons. The van der Waals surface area contributed by atoms with Crippen molar-refractivity contribution >= 4 is 39.7 Å². The molecule has 0 aliphatic carbocycles. The van der Waals surface area contributed by atoms with Gasteiger partial charge >= 0.3 is 0 Å². The molecule has 1 aromatic heterocycles. The largest absolute Gasteiger partial charge is 0.385 e. The molecular formula is C18H18ClFN4. The third-order valence-electron chi connectivity index (χ3n) is 3.79. The minimum Gasteiger partial charge on any atom is -0.385 e. The molecule has 0 radical (unpaired) electrons. The van der Waals surface area contributed by atoms with Crippen LogP contribution in [0, 0.1) is 5.82 Å². The standard InChI is InChI=1S/C18H18ClFN4/c1-3-11-7-17-13(9-16(11)21-4-2)18(23-10-22-17)24-12-5-6-15(20)14(19)8-12/h5-10,21H,3-4H2,1-2H3,(H,22,23,24). The zero-order valence-corrected chi connectivity index (χ0v) is 14.3. The average molecular weight is 345 g/mol. The molecular weight excluding hydrogens is 327 g/mol. The lowest BCUT2D eigenvalue weighted by Gasteiger charge is -2.13. The van der Waals surface area contributed by atoms with Crippen molar-refractivity contribution < 1.29 is 4.39 Å². The maximum Gasteiger partial charge on any atom is 0.141 e. The van der Waals surface area contributed by atoms with E-state index in [-0.39, 0.29) is 5.02 Å². The summed E-state index contributed by atoms with van der Waals surface area (Å²) in [6, 6.07) is 8.60. The molecule has 3 aromatic rings. The first-order valence-corrected chi connectivity index (χ1v) is 8.23. The lowest BCUT2D eigenvalue weighted by molar-refractivity contribution is 0.628. The van der Waals surface area contributed by atoms with E-state index in [2.05, 4.69) is 40.5 Å². The number of benzene rings is 2. The minimum atomic E-state index is -0.447. The monoisotopic (exact) mass is 344 g/mol. The first kappa shape index (κ1) is 16.5. The van der Waals surface area contributed by atoms with E-state index < -0.39 is 5.82 Å². The van der Waals surface area contributed by atoms with Crippen molar-refractivity contribution in [3.8, 4) is 0 Å². The molecule has 0 aliphatic heterocycles. The van der Waals surface area contributed by atoms with Crippen molar-refractivity contribution in [3.63, 3.8) is 0 Å². The van der Waals surface area contributed by atoms with Gasteiger partial charge in [-0.2, -0.15) is 0 Å². The second-order valence-corrected chi connectivity index (χ2v) is 5.79. The summed E-state index contributed by atoms with van der Waals surface area (Å²) in [6.07, 6.45) is 2.43. The highest BCUT2D eigenvalue weighted by molar-refractivity contribution is 6.31. The van der Waals surface area contributed by atoms with Crippen molar-refractivity contribution in [2.24, 2.45) is 0 Å². The Morgan fingerprint density at radius 1 is 1.12 bits per heavy atom. The van der Waals surface area contributed by atoms with E-state index in [1.165, 1.54) is 24.0 Å². The zero-order chi connectivity index (χ0) is 17.1. The van der Waals surface area contributed by atoms with Crippen LogP contribution < -0.4 is 10.6 Å². The Balaban J connectivity index is 2.06. The highest BCUT2D eigenvalue weighted by atomic mass is 35.5. The van der Waals surface area contributed by atoms with Gasteiger partial charge in [0.15, 0.2) is 0 Å². The molecule has 6 heteroatoms.